The Labute approximate surface area is 215 Å². The third-order valence-corrected chi connectivity index (χ3v) is 5.86. The van der Waals surface area contributed by atoms with Crippen LogP contribution in [-0.2, 0) is 14.8 Å². The van der Waals surface area contributed by atoms with Crippen LogP contribution in [0, 0.1) is 0 Å². The number of methoxy groups -OCH3 is 1. The van der Waals surface area contributed by atoms with Gasteiger partial charge in [-0.15, -0.1) is 12.4 Å². The highest BCUT2D eigenvalue weighted by Gasteiger charge is 2.14. The smallest absolute Gasteiger partial charge is 0.229 e. The molecule has 11 heteroatoms. The number of hydrogen-bond acceptors (Lipinski definition) is 7. The number of ether oxygens (including phenoxy) is 2. The molecule has 0 radical (unpaired) electrons. The Morgan fingerprint density at radius 1 is 1.03 bits per heavy atom. The number of anilines is 3. The van der Waals surface area contributed by atoms with E-state index in [0.717, 1.165) is 33.7 Å². The Morgan fingerprint density at radius 3 is 2.50 bits per heavy atom. The summed E-state index contributed by atoms with van der Waals surface area (Å²) in [6.07, 6.45) is 1.90. The molecule has 4 rings (SSSR count). The van der Waals surface area contributed by atoms with Crippen LogP contribution in [0.25, 0.3) is 21.8 Å². The van der Waals surface area contributed by atoms with Gasteiger partial charge in [-0.1, -0.05) is 18.2 Å². The van der Waals surface area contributed by atoms with Gasteiger partial charge in [0.15, 0.2) is 0 Å². The van der Waals surface area contributed by atoms with E-state index in [1.54, 1.807) is 18.2 Å². The Balaban J connectivity index is 0.00000361. The first-order valence-electron chi connectivity index (χ1n) is 10.9. The average Bonchev–Trinajstić information content (AvgIpc) is 2.81. The zero-order chi connectivity index (χ0) is 25.0. The fourth-order valence-corrected chi connectivity index (χ4v) is 4.30. The first-order chi connectivity index (χ1) is 16.7. The number of rotatable bonds is 10. The zero-order valence-electron chi connectivity index (χ0n) is 19.8. The quantitative estimate of drug-likeness (QED) is 0.202. The van der Waals surface area contributed by atoms with Gasteiger partial charge in [-0.25, -0.2) is 13.4 Å². The van der Waals surface area contributed by atoms with Crippen molar-refractivity contribution < 1.29 is 22.7 Å². The SMILES string of the molecule is COc1cc(NS(C)(=O)=O)ccc1Nc1c2ccccc2nc2cc(OCCCC(N)=O)ccc12.Cl. The summed E-state index contributed by atoms with van der Waals surface area (Å²) in [5.41, 5.74) is 8.60. The number of sulfonamides is 1. The van der Waals surface area contributed by atoms with Gasteiger partial charge in [-0.3, -0.25) is 9.52 Å². The molecular weight excluding hydrogens is 504 g/mol. The molecule has 0 unspecified atom stereocenters. The molecule has 9 nitrogen and oxygen atoms in total. The molecule has 0 fully saturated rings. The first-order valence-corrected chi connectivity index (χ1v) is 12.8. The molecule has 0 bridgehead atoms. The van der Waals surface area contributed by atoms with Crippen LogP contribution in [0.5, 0.6) is 11.5 Å². The maximum absolute atomic E-state index is 11.6. The molecule has 1 aromatic heterocycles. The van der Waals surface area contributed by atoms with Crippen molar-refractivity contribution in [2.24, 2.45) is 5.73 Å². The maximum atomic E-state index is 11.6. The van der Waals surface area contributed by atoms with Crippen molar-refractivity contribution in [3.63, 3.8) is 0 Å². The monoisotopic (exact) mass is 530 g/mol. The zero-order valence-corrected chi connectivity index (χ0v) is 21.4. The number of fused-ring (bicyclic) bond motifs is 2. The molecule has 4 N–H and O–H groups in total. The van der Waals surface area contributed by atoms with Crippen molar-refractivity contribution in [3.05, 3.63) is 60.7 Å². The van der Waals surface area contributed by atoms with Crippen LogP contribution in [0.15, 0.2) is 60.7 Å². The van der Waals surface area contributed by atoms with Gasteiger partial charge in [0.25, 0.3) is 0 Å². The van der Waals surface area contributed by atoms with Gasteiger partial charge in [0, 0.05) is 29.3 Å². The molecule has 0 aliphatic rings. The Hall–Kier alpha value is -3.76. The summed E-state index contributed by atoms with van der Waals surface area (Å²) in [5.74, 6) is 0.762. The fourth-order valence-electron chi connectivity index (χ4n) is 3.74. The number of nitrogens with one attached hydrogen (secondary N) is 2. The number of hydrogen-bond donors (Lipinski definition) is 3. The number of para-hydroxylation sites is 1. The number of aromatic nitrogens is 1. The molecule has 1 amide bonds. The molecule has 190 valence electrons. The predicted molar refractivity (Wildman–Crippen MR) is 145 cm³/mol. The largest absolute Gasteiger partial charge is 0.494 e. The highest BCUT2D eigenvalue weighted by atomic mass is 35.5. The van der Waals surface area contributed by atoms with E-state index in [2.05, 4.69) is 10.0 Å². The van der Waals surface area contributed by atoms with E-state index in [1.807, 2.05) is 42.5 Å². The number of carbonyl (C=O) groups excluding carboxylic acids is 1. The first kappa shape index (κ1) is 26.8. The Kier molecular flexibility index (Phi) is 8.44. The lowest BCUT2D eigenvalue weighted by Gasteiger charge is -2.17. The van der Waals surface area contributed by atoms with E-state index in [-0.39, 0.29) is 24.7 Å². The maximum Gasteiger partial charge on any atom is 0.229 e. The number of nitrogens with zero attached hydrogens (tertiary/aromatic N) is 1. The number of benzene rings is 3. The van der Waals surface area contributed by atoms with Gasteiger partial charge in [0.05, 0.1) is 48.1 Å². The summed E-state index contributed by atoms with van der Waals surface area (Å²) >= 11 is 0. The van der Waals surface area contributed by atoms with Gasteiger partial charge >= 0.3 is 0 Å². The van der Waals surface area contributed by atoms with Gasteiger partial charge in [-0.05, 0) is 36.8 Å². The Bertz CT molecular complexity index is 1510. The minimum atomic E-state index is -3.42. The summed E-state index contributed by atoms with van der Waals surface area (Å²) < 4.78 is 37.0. The molecule has 0 aliphatic heterocycles. The minimum absolute atomic E-state index is 0. The minimum Gasteiger partial charge on any atom is -0.494 e. The molecule has 0 saturated heterocycles. The second kappa shape index (κ2) is 11.3. The Morgan fingerprint density at radius 2 is 1.78 bits per heavy atom. The van der Waals surface area contributed by atoms with Crippen molar-refractivity contribution >= 4 is 67.2 Å². The molecule has 0 aliphatic carbocycles. The van der Waals surface area contributed by atoms with Crippen LogP contribution in [-0.4, -0.2) is 39.3 Å². The molecule has 36 heavy (non-hydrogen) atoms. The lowest BCUT2D eigenvalue weighted by atomic mass is 10.1. The lowest BCUT2D eigenvalue weighted by molar-refractivity contribution is -0.118. The van der Waals surface area contributed by atoms with Crippen LogP contribution >= 0.6 is 12.4 Å². The van der Waals surface area contributed by atoms with Crippen LogP contribution < -0.4 is 25.2 Å². The summed E-state index contributed by atoms with van der Waals surface area (Å²) in [5, 5.41) is 5.23. The number of primary amides is 1. The number of nitrogens with two attached hydrogens (primary N) is 1. The standard InChI is InChI=1S/C25H26N4O5S.ClH/c1-33-23-14-16(29-35(2,31)32)9-12-21(23)28-25-18-6-3-4-7-20(18)27-22-15-17(10-11-19(22)25)34-13-5-8-24(26)30;/h3-4,6-7,9-12,14-15,29H,5,8,13H2,1-2H3,(H2,26,30)(H,27,28);1H. The summed E-state index contributed by atoms with van der Waals surface area (Å²) in [6.45, 7) is 0.373. The van der Waals surface area contributed by atoms with Gasteiger partial charge in [-0.2, -0.15) is 0 Å². The lowest BCUT2D eigenvalue weighted by Crippen LogP contribution is -2.11. The summed E-state index contributed by atoms with van der Waals surface area (Å²) in [4.78, 5) is 15.7. The van der Waals surface area contributed by atoms with Gasteiger partial charge in [0.2, 0.25) is 15.9 Å². The number of halogens is 1. The van der Waals surface area contributed by atoms with Crippen molar-refractivity contribution in [2.45, 2.75) is 12.8 Å². The number of amides is 1. The molecule has 4 aromatic rings. The average molecular weight is 531 g/mol. The highest BCUT2D eigenvalue weighted by Crippen LogP contribution is 2.38. The second-order valence-corrected chi connectivity index (χ2v) is 9.76. The van der Waals surface area contributed by atoms with Crippen LogP contribution in [0.3, 0.4) is 0 Å². The van der Waals surface area contributed by atoms with Crippen LogP contribution in [0.4, 0.5) is 17.1 Å². The highest BCUT2D eigenvalue weighted by molar-refractivity contribution is 7.92. The normalized spacial score (nSPS) is 11.1. The summed E-state index contributed by atoms with van der Waals surface area (Å²) in [7, 11) is -1.89. The molecule has 0 saturated carbocycles. The van der Waals surface area contributed by atoms with Gasteiger partial charge < -0.3 is 20.5 Å². The predicted octanol–water partition coefficient (Wildman–Crippen LogP) is 4.58. The third kappa shape index (κ3) is 6.46. The number of carbonyl (C=O) groups is 1. The van der Waals surface area contributed by atoms with Gasteiger partial charge in [0.1, 0.15) is 11.5 Å². The van der Waals surface area contributed by atoms with E-state index in [1.165, 1.54) is 7.11 Å². The molecule has 1 heterocycles. The van der Waals surface area contributed by atoms with E-state index in [4.69, 9.17) is 20.2 Å². The van der Waals surface area contributed by atoms with Crippen molar-refractivity contribution in [2.75, 3.05) is 30.0 Å². The van der Waals surface area contributed by atoms with Crippen LogP contribution in [0.1, 0.15) is 12.8 Å². The topological polar surface area (TPSA) is 133 Å². The molecule has 0 atom stereocenters. The van der Waals surface area contributed by atoms with E-state index >= 15 is 0 Å². The van der Waals surface area contributed by atoms with E-state index < -0.39 is 10.0 Å². The summed E-state index contributed by atoms with van der Waals surface area (Å²) in [6, 6.07) is 18.4. The van der Waals surface area contributed by atoms with Crippen molar-refractivity contribution in [1.82, 2.24) is 4.98 Å². The van der Waals surface area contributed by atoms with Crippen molar-refractivity contribution in [1.29, 1.82) is 0 Å². The van der Waals surface area contributed by atoms with Crippen molar-refractivity contribution in [3.8, 4) is 11.5 Å². The molecule has 3 aromatic carbocycles. The van der Waals surface area contributed by atoms with Crippen LogP contribution in [0.2, 0.25) is 0 Å². The second-order valence-electron chi connectivity index (χ2n) is 8.02. The molecular formula is C25H27ClN4O5S. The van der Waals surface area contributed by atoms with E-state index in [0.29, 0.717) is 35.9 Å². The number of pyridine rings is 1. The fraction of sp³-hybridized carbons (Fsp3) is 0.200. The van der Waals surface area contributed by atoms with E-state index in [9.17, 15) is 13.2 Å². The molecule has 0 spiro atoms. The third-order valence-electron chi connectivity index (χ3n) is 5.25.